The number of thiophene rings is 1. The molecule has 0 aliphatic heterocycles. The van der Waals surface area contributed by atoms with Crippen LogP contribution in [-0.2, 0) is 10.5 Å². The molecule has 9 heteroatoms. The predicted octanol–water partition coefficient (Wildman–Crippen LogP) is 4.43. The quantitative estimate of drug-likeness (QED) is 0.289. The lowest BCUT2D eigenvalue weighted by atomic mass is 10.1. The molecule has 26 heavy (non-hydrogen) atoms. The van der Waals surface area contributed by atoms with Crippen LogP contribution in [0.4, 0.5) is 0 Å². The second kappa shape index (κ2) is 7.61. The smallest absolute Gasteiger partial charge is 0.348 e. The third-order valence-corrected chi connectivity index (χ3v) is 6.02. The van der Waals surface area contributed by atoms with Gasteiger partial charge in [0, 0.05) is 5.75 Å². The van der Waals surface area contributed by atoms with E-state index in [1.54, 1.807) is 31.2 Å². The first-order valence-corrected chi connectivity index (χ1v) is 9.58. The van der Waals surface area contributed by atoms with Crippen LogP contribution in [0.25, 0.3) is 10.2 Å². The van der Waals surface area contributed by atoms with Crippen LogP contribution in [0, 0.1) is 6.92 Å². The van der Waals surface area contributed by atoms with Crippen LogP contribution in [0.1, 0.15) is 31.2 Å². The number of carboxylic acid groups (broad SMARTS) is 1. The highest BCUT2D eigenvalue weighted by molar-refractivity contribution is 7.98. The average Bonchev–Trinajstić information content (AvgIpc) is 2.96. The Kier molecular flexibility index (Phi) is 5.45. The highest BCUT2D eigenvalue weighted by Crippen LogP contribution is 2.35. The van der Waals surface area contributed by atoms with Crippen LogP contribution in [0.15, 0.2) is 29.4 Å². The summed E-state index contributed by atoms with van der Waals surface area (Å²) in [6.07, 6.45) is 0. The Morgan fingerprint density at radius 3 is 2.58 bits per heavy atom. The lowest BCUT2D eigenvalue weighted by Crippen LogP contribution is -1.99. The number of carboxylic acids is 1. The monoisotopic (exact) mass is 408 g/mol. The summed E-state index contributed by atoms with van der Waals surface area (Å²) in [6, 6.07) is 6.61. The topological polar surface area (TPSA) is 89.4 Å². The molecule has 0 spiro atoms. The van der Waals surface area contributed by atoms with Gasteiger partial charge in [0.05, 0.1) is 18.1 Å². The molecule has 0 amide bonds. The largest absolute Gasteiger partial charge is 0.478 e. The number of hydrogen-bond acceptors (Lipinski definition) is 7. The Labute approximate surface area is 162 Å². The zero-order chi connectivity index (χ0) is 18.8. The number of carbonyl (C=O) groups is 2. The van der Waals surface area contributed by atoms with E-state index in [-0.39, 0.29) is 5.56 Å². The SMILES string of the molecule is COC(=O)c1sc2nc(SCc3ccc(C(=O)O)cc3)nc(Cl)c2c1C. The molecule has 2 aromatic heterocycles. The maximum atomic E-state index is 11.8. The number of thioether (sulfide) groups is 1. The number of fused-ring (bicyclic) bond motifs is 1. The Bertz CT molecular complexity index is 1000. The van der Waals surface area contributed by atoms with E-state index in [4.69, 9.17) is 21.4 Å². The lowest BCUT2D eigenvalue weighted by molar-refractivity contribution is 0.0604. The molecule has 3 rings (SSSR count). The van der Waals surface area contributed by atoms with Gasteiger partial charge < -0.3 is 9.84 Å². The molecule has 0 aliphatic carbocycles. The first-order valence-electron chi connectivity index (χ1n) is 7.40. The number of methoxy groups -OCH3 is 1. The van der Waals surface area contributed by atoms with Crippen molar-refractivity contribution in [3.63, 3.8) is 0 Å². The molecule has 0 aliphatic rings. The van der Waals surface area contributed by atoms with Crippen molar-refractivity contribution in [3.05, 3.63) is 51.0 Å². The molecule has 0 bridgehead atoms. The summed E-state index contributed by atoms with van der Waals surface area (Å²) in [5, 5.41) is 10.4. The summed E-state index contributed by atoms with van der Waals surface area (Å²) in [6.45, 7) is 1.79. The Hall–Kier alpha value is -2.16. The van der Waals surface area contributed by atoms with Crippen molar-refractivity contribution >= 4 is 56.9 Å². The molecule has 3 aromatic rings. The van der Waals surface area contributed by atoms with E-state index in [0.29, 0.717) is 36.7 Å². The minimum absolute atomic E-state index is 0.240. The van der Waals surface area contributed by atoms with Crippen LogP contribution in [-0.4, -0.2) is 34.1 Å². The standard InChI is InChI=1S/C17H13ClN2O4S2/c1-8-11-13(18)19-17(20-14(11)26-12(8)16(23)24-2)25-7-9-3-5-10(6-4-9)15(21)22/h3-6H,7H2,1-2H3,(H,21,22). The lowest BCUT2D eigenvalue weighted by Gasteiger charge is -2.03. The van der Waals surface area contributed by atoms with Crippen LogP contribution in [0.3, 0.4) is 0 Å². The van der Waals surface area contributed by atoms with E-state index in [1.807, 2.05) is 0 Å². The summed E-state index contributed by atoms with van der Waals surface area (Å²) >= 11 is 8.90. The van der Waals surface area contributed by atoms with Crippen molar-refractivity contribution in [1.29, 1.82) is 0 Å². The van der Waals surface area contributed by atoms with Crippen molar-refractivity contribution < 1.29 is 19.4 Å². The molecule has 1 aromatic carbocycles. The maximum Gasteiger partial charge on any atom is 0.348 e. The number of aromatic nitrogens is 2. The first-order chi connectivity index (χ1) is 12.4. The molecule has 1 N–H and O–H groups in total. The molecule has 134 valence electrons. The van der Waals surface area contributed by atoms with Crippen LogP contribution >= 0.6 is 34.7 Å². The Morgan fingerprint density at radius 1 is 1.27 bits per heavy atom. The Balaban J connectivity index is 1.84. The van der Waals surface area contributed by atoms with Gasteiger partial charge in [-0.15, -0.1) is 11.3 Å². The third kappa shape index (κ3) is 3.67. The number of aryl methyl sites for hydroxylation is 1. The zero-order valence-electron chi connectivity index (χ0n) is 13.8. The summed E-state index contributed by atoms with van der Waals surface area (Å²) < 4.78 is 4.78. The molecule has 0 saturated carbocycles. The van der Waals surface area contributed by atoms with Gasteiger partial charge in [0.2, 0.25) is 0 Å². The maximum absolute atomic E-state index is 11.8. The normalized spacial score (nSPS) is 10.9. The molecule has 0 unspecified atom stereocenters. The molecule has 6 nitrogen and oxygen atoms in total. The molecule has 0 atom stereocenters. The van der Waals surface area contributed by atoms with Gasteiger partial charge in [-0.05, 0) is 30.2 Å². The number of aromatic carboxylic acids is 1. The Morgan fingerprint density at radius 2 is 1.96 bits per heavy atom. The van der Waals surface area contributed by atoms with E-state index in [9.17, 15) is 9.59 Å². The van der Waals surface area contributed by atoms with Gasteiger partial charge in [-0.25, -0.2) is 19.6 Å². The second-order valence-electron chi connectivity index (χ2n) is 5.32. The molecule has 0 saturated heterocycles. The van der Waals surface area contributed by atoms with Gasteiger partial charge in [0.25, 0.3) is 0 Å². The fourth-order valence-electron chi connectivity index (χ4n) is 2.32. The fraction of sp³-hybridized carbons (Fsp3) is 0.176. The summed E-state index contributed by atoms with van der Waals surface area (Å²) in [5.41, 5.74) is 1.89. The zero-order valence-corrected chi connectivity index (χ0v) is 16.2. The van der Waals surface area contributed by atoms with Crippen LogP contribution in [0.2, 0.25) is 5.15 Å². The van der Waals surface area contributed by atoms with Gasteiger partial charge in [0.1, 0.15) is 14.9 Å². The van der Waals surface area contributed by atoms with E-state index < -0.39 is 11.9 Å². The minimum Gasteiger partial charge on any atom is -0.478 e. The molecular formula is C17H13ClN2O4S2. The van der Waals surface area contributed by atoms with Gasteiger partial charge >= 0.3 is 11.9 Å². The van der Waals surface area contributed by atoms with Crippen molar-refractivity contribution in [1.82, 2.24) is 9.97 Å². The van der Waals surface area contributed by atoms with E-state index in [1.165, 1.54) is 30.2 Å². The fourth-order valence-corrected chi connectivity index (χ4v) is 4.69. The minimum atomic E-state index is -0.959. The summed E-state index contributed by atoms with van der Waals surface area (Å²) in [5.74, 6) is -0.816. The molecule has 2 heterocycles. The number of ether oxygens (including phenoxy) is 1. The number of rotatable bonds is 5. The average molecular weight is 409 g/mol. The van der Waals surface area contributed by atoms with E-state index in [2.05, 4.69) is 9.97 Å². The van der Waals surface area contributed by atoms with Gasteiger partial charge in [-0.3, -0.25) is 0 Å². The number of hydrogen-bond donors (Lipinski definition) is 1. The molecule has 0 radical (unpaired) electrons. The number of carbonyl (C=O) groups excluding carboxylic acids is 1. The van der Waals surface area contributed by atoms with Gasteiger partial charge in [-0.1, -0.05) is 35.5 Å². The number of benzene rings is 1. The van der Waals surface area contributed by atoms with Crippen molar-refractivity contribution in [3.8, 4) is 0 Å². The summed E-state index contributed by atoms with van der Waals surface area (Å²) in [7, 11) is 1.33. The molecular weight excluding hydrogens is 396 g/mol. The summed E-state index contributed by atoms with van der Waals surface area (Å²) in [4.78, 5) is 32.6. The highest BCUT2D eigenvalue weighted by Gasteiger charge is 2.20. The van der Waals surface area contributed by atoms with Crippen molar-refractivity contribution in [2.45, 2.75) is 17.8 Å². The number of esters is 1. The second-order valence-corrected chi connectivity index (χ2v) is 7.62. The highest BCUT2D eigenvalue weighted by atomic mass is 35.5. The first kappa shape index (κ1) is 18.6. The van der Waals surface area contributed by atoms with Gasteiger partial charge in [-0.2, -0.15) is 0 Å². The van der Waals surface area contributed by atoms with Crippen LogP contribution in [0.5, 0.6) is 0 Å². The van der Waals surface area contributed by atoms with Gasteiger partial charge in [0.15, 0.2) is 5.16 Å². The number of nitrogens with zero attached hydrogens (tertiary/aromatic N) is 2. The van der Waals surface area contributed by atoms with Crippen molar-refractivity contribution in [2.24, 2.45) is 0 Å². The third-order valence-electron chi connectivity index (χ3n) is 3.67. The van der Waals surface area contributed by atoms with Crippen LogP contribution < -0.4 is 0 Å². The number of halogens is 1. The van der Waals surface area contributed by atoms with E-state index >= 15 is 0 Å². The predicted molar refractivity (Wildman–Crippen MR) is 101 cm³/mol. The molecule has 0 fully saturated rings. The van der Waals surface area contributed by atoms with Crippen molar-refractivity contribution in [2.75, 3.05) is 7.11 Å². The van der Waals surface area contributed by atoms with E-state index in [0.717, 1.165) is 5.56 Å².